The largest absolute Gasteiger partial charge is 0.457 e. The number of para-hydroxylation sites is 2. The third-order valence-electron chi connectivity index (χ3n) is 3.99. The minimum Gasteiger partial charge on any atom is -0.457 e. The standard InChI is InChI=1S/C16H20N6O3/c1-3-9-22-14(17-18-19-22)11-25-15(23)8-10-21-13-7-5-4-6-12(13)20(2)16(21)24/h4-7H,3,8-11H2,1-2H3. The normalized spacial score (nSPS) is 11.1. The Balaban J connectivity index is 1.62. The zero-order valence-electron chi connectivity index (χ0n) is 14.3. The average molecular weight is 344 g/mol. The Morgan fingerprint density at radius 3 is 2.72 bits per heavy atom. The van der Waals surface area contributed by atoms with Crippen molar-refractivity contribution in [3.8, 4) is 0 Å². The van der Waals surface area contributed by atoms with Gasteiger partial charge in [0.05, 0.1) is 17.5 Å². The molecule has 3 rings (SSSR count). The lowest BCUT2D eigenvalue weighted by molar-refractivity contribution is -0.145. The summed E-state index contributed by atoms with van der Waals surface area (Å²) in [5.74, 6) is 0.114. The molecule has 0 amide bonds. The number of fused-ring (bicyclic) bond motifs is 1. The quantitative estimate of drug-likeness (QED) is 0.590. The number of hydrogen-bond acceptors (Lipinski definition) is 6. The molecule has 3 aromatic rings. The van der Waals surface area contributed by atoms with Gasteiger partial charge in [0, 0.05) is 20.1 Å². The molecule has 1 aromatic carbocycles. The van der Waals surface area contributed by atoms with Gasteiger partial charge >= 0.3 is 11.7 Å². The molecule has 0 fully saturated rings. The van der Waals surface area contributed by atoms with E-state index in [1.54, 1.807) is 20.9 Å². The van der Waals surface area contributed by atoms with Gasteiger partial charge in [-0.25, -0.2) is 9.48 Å². The molecule has 0 atom stereocenters. The van der Waals surface area contributed by atoms with Crippen molar-refractivity contribution in [2.45, 2.75) is 39.5 Å². The van der Waals surface area contributed by atoms with Crippen LogP contribution in [0, 0.1) is 0 Å². The summed E-state index contributed by atoms with van der Waals surface area (Å²) in [4.78, 5) is 24.3. The number of carbonyl (C=O) groups excluding carboxylic acids is 1. The highest BCUT2D eigenvalue weighted by molar-refractivity contribution is 5.76. The summed E-state index contributed by atoms with van der Waals surface area (Å²) in [6.45, 7) is 2.97. The molecule has 0 aliphatic heterocycles. The fraction of sp³-hybridized carbons (Fsp3) is 0.438. The highest BCUT2D eigenvalue weighted by Gasteiger charge is 2.13. The van der Waals surface area contributed by atoms with E-state index in [4.69, 9.17) is 4.74 Å². The van der Waals surface area contributed by atoms with Crippen LogP contribution in [0.3, 0.4) is 0 Å². The number of benzene rings is 1. The molecule has 9 heteroatoms. The van der Waals surface area contributed by atoms with Crippen LogP contribution in [0.5, 0.6) is 0 Å². The molecule has 2 aromatic heterocycles. The van der Waals surface area contributed by atoms with Crippen LogP contribution in [0.2, 0.25) is 0 Å². The number of tetrazole rings is 1. The predicted molar refractivity (Wildman–Crippen MR) is 89.7 cm³/mol. The molecule has 2 heterocycles. The Bertz CT molecular complexity index is 939. The van der Waals surface area contributed by atoms with E-state index in [0.29, 0.717) is 12.4 Å². The van der Waals surface area contributed by atoms with E-state index < -0.39 is 5.97 Å². The van der Waals surface area contributed by atoms with Crippen molar-refractivity contribution in [2.75, 3.05) is 0 Å². The first-order chi connectivity index (χ1) is 12.1. The van der Waals surface area contributed by atoms with Crippen LogP contribution in [0.1, 0.15) is 25.6 Å². The monoisotopic (exact) mass is 344 g/mol. The van der Waals surface area contributed by atoms with Crippen LogP contribution in [-0.4, -0.2) is 35.3 Å². The summed E-state index contributed by atoms with van der Waals surface area (Å²) >= 11 is 0. The molecule has 0 saturated heterocycles. The van der Waals surface area contributed by atoms with Crippen molar-refractivity contribution in [1.29, 1.82) is 0 Å². The molecule has 0 N–H and O–H groups in total. The van der Waals surface area contributed by atoms with Crippen LogP contribution in [0.25, 0.3) is 11.0 Å². The highest BCUT2D eigenvalue weighted by atomic mass is 16.5. The minimum absolute atomic E-state index is 0.0241. The van der Waals surface area contributed by atoms with Crippen molar-refractivity contribution in [3.05, 3.63) is 40.6 Å². The smallest absolute Gasteiger partial charge is 0.328 e. The zero-order valence-corrected chi connectivity index (χ0v) is 14.3. The summed E-state index contributed by atoms with van der Waals surface area (Å²) in [5.41, 5.74) is 1.48. The van der Waals surface area contributed by atoms with Gasteiger partial charge in [0.2, 0.25) is 0 Å². The molecule has 0 spiro atoms. The second-order valence-corrected chi connectivity index (χ2v) is 5.71. The van der Waals surface area contributed by atoms with Crippen LogP contribution >= 0.6 is 0 Å². The molecular weight excluding hydrogens is 324 g/mol. The number of aryl methyl sites for hydroxylation is 3. The van der Waals surface area contributed by atoms with Crippen molar-refractivity contribution in [1.82, 2.24) is 29.3 Å². The van der Waals surface area contributed by atoms with E-state index in [1.165, 1.54) is 0 Å². The zero-order chi connectivity index (χ0) is 17.8. The molecule has 0 bridgehead atoms. The van der Waals surface area contributed by atoms with Crippen LogP contribution < -0.4 is 5.69 Å². The fourth-order valence-electron chi connectivity index (χ4n) is 2.71. The number of aromatic nitrogens is 6. The molecule has 9 nitrogen and oxygen atoms in total. The van der Waals surface area contributed by atoms with Gasteiger partial charge in [0.15, 0.2) is 12.4 Å². The topological polar surface area (TPSA) is 96.8 Å². The van der Waals surface area contributed by atoms with Crippen molar-refractivity contribution in [3.63, 3.8) is 0 Å². The molecular formula is C16H20N6O3. The number of rotatable bonds is 7. The molecule has 0 aliphatic carbocycles. The van der Waals surface area contributed by atoms with E-state index in [-0.39, 0.29) is 25.3 Å². The fourth-order valence-corrected chi connectivity index (χ4v) is 2.71. The lowest BCUT2D eigenvalue weighted by Gasteiger charge is -2.06. The second kappa shape index (κ2) is 7.29. The van der Waals surface area contributed by atoms with Crippen molar-refractivity contribution < 1.29 is 9.53 Å². The molecule has 25 heavy (non-hydrogen) atoms. The molecule has 0 radical (unpaired) electrons. The molecule has 0 saturated carbocycles. The SMILES string of the molecule is CCCn1nnnc1COC(=O)CCn1c(=O)n(C)c2ccccc21. The van der Waals surface area contributed by atoms with Gasteiger partial charge in [-0.3, -0.25) is 13.9 Å². The second-order valence-electron chi connectivity index (χ2n) is 5.71. The Hall–Kier alpha value is -2.97. The Kier molecular flexibility index (Phi) is 4.92. The van der Waals surface area contributed by atoms with Gasteiger partial charge in [-0.1, -0.05) is 19.1 Å². The molecule has 0 unspecified atom stereocenters. The summed E-state index contributed by atoms with van der Waals surface area (Å²) in [6.07, 6.45) is 0.985. The van der Waals surface area contributed by atoms with E-state index in [0.717, 1.165) is 17.5 Å². The number of ether oxygens (including phenoxy) is 1. The number of imidazole rings is 1. The molecule has 132 valence electrons. The Morgan fingerprint density at radius 1 is 1.20 bits per heavy atom. The first-order valence-electron chi connectivity index (χ1n) is 8.16. The van der Waals surface area contributed by atoms with E-state index in [9.17, 15) is 9.59 Å². The maximum absolute atomic E-state index is 12.3. The molecule has 0 aliphatic rings. The van der Waals surface area contributed by atoms with E-state index >= 15 is 0 Å². The van der Waals surface area contributed by atoms with Gasteiger partial charge < -0.3 is 4.74 Å². The number of esters is 1. The Labute approximate surface area is 143 Å². The summed E-state index contributed by atoms with van der Waals surface area (Å²) in [7, 11) is 1.72. The highest BCUT2D eigenvalue weighted by Crippen LogP contribution is 2.12. The van der Waals surface area contributed by atoms with Crippen LogP contribution in [0.15, 0.2) is 29.1 Å². The minimum atomic E-state index is -0.397. The summed E-state index contributed by atoms with van der Waals surface area (Å²) in [6, 6.07) is 7.48. The number of nitrogens with zero attached hydrogens (tertiary/aromatic N) is 6. The predicted octanol–water partition coefficient (Wildman–Crippen LogP) is 0.870. The summed E-state index contributed by atoms with van der Waals surface area (Å²) < 4.78 is 9.99. The Morgan fingerprint density at radius 2 is 1.96 bits per heavy atom. The van der Waals surface area contributed by atoms with Gasteiger partial charge in [-0.05, 0) is 29.0 Å². The van der Waals surface area contributed by atoms with Gasteiger partial charge in [0.25, 0.3) is 0 Å². The number of hydrogen-bond donors (Lipinski definition) is 0. The van der Waals surface area contributed by atoms with Gasteiger partial charge in [0.1, 0.15) is 0 Å². The van der Waals surface area contributed by atoms with Crippen molar-refractivity contribution in [2.24, 2.45) is 7.05 Å². The maximum Gasteiger partial charge on any atom is 0.328 e. The average Bonchev–Trinajstić information content (AvgIpc) is 3.16. The van der Waals surface area contributed by atoms with E-state index in [1.807, 2.05) is 31.2 Å². The van der Waals surface area contributed by atoms with E-state index in [2.05, 4.69) is 15.5 Å². The van der Waals surface area contributed by atoms with Gasteiger partial charge in [-0.15, -0.1) is 5.10 Å². The van der Waals surface area contributed by atoms with Gasteiger partial charge in [-0.2, -0.15) is 0 Å². The third-order valence-corrected chi connectivity index (χ3v) is 3.99. The van der Waals surface area contributed by atoms with Crippen LogP contribution in [-0.2, 0) is 36.3 Å². The van der Waals surface area contributed by atoms with Crippen LogP contribution in [0.4, 0.5) is 0 Å². The van der Waals surface area contributed by atoms with Crippen molar-refractivity contribution >= 4 is 17.0 Å². The first-order valence-corrected chi connectivity index (χ1v) is 8.16. The lowest BCUT2D eigenvalue weighted by Crippen LogP contribution is -2.23. The summed E-state index contributed by atoms with van der Waals surface area (Å²) in [5, 5.41) is 11.3. The maximum atomic E-state index is 12.3. The lowest BCUT2D eigenvalue weighted by atomic mass is 10.3. The number of carbonyl (C=O) groups is 1. The third kappa shape index (κ3) is 3.44. The first kappa shape index (κ1) is 16.9.